The Balaban J connectivity index is 1.60. The average Bonchev–Trinajstić information content (AvgIpc) is 3.28. The highest BCUT2D eigenvalue weighted by Gasteiger charge is 2.22. The summed E-state index contributed by atoms with van der Waals surface area (Å²) in [7, 11) is -3.96. The molecule has 34 heavy (non-hydrogen) atoms. The van der Waals surface area contributed by atoms with Gasteiger partial charge in [-0.05, 0) is 18.1 Å². The zero-order valence-electron chi connectivity index (χ0n) is 18.3. The first-order valence-electron chi connectivity index (χ1n) is 10.6. The summed E-state index contributed by atoms with van der Waals surface area (Å²) < 4.78 is 30.0. The van der Waals surface area contributed by atoms with Crippen molar-refractivity contribution >= 4 is 43.7 Å². The van der Waals surface area contributed by atoms with Crippen molar-refractivity contribution in [2.75, 3.05) is 35.9 Å². The topological polar surface area (TPSA) is 149 Å². The maximum absolute atomic E-state index is 11.2. The number of nitrogens with two attached hydrogens (primary N) is 1. The number of hydrogen-bond acceptors (Lipinski definition) is 10. The molecule has 0 unspecified atom stereocenters. The van der Waals surface area contributed by atoms with Crippen molar-refractivity contribution in [2.45, 2.75) is 13.3 Å². The normalized spacial score (nSPS) is 14.5. The van der Waals surface area contributed by atoms with Crippen molar-refractivity contribution in [3.63, 3.8) is 0 Å². The van der Waals surface area contributed by atoms with Crippen LogP contribution in [0.2, 0.25) is 0 Å². The molecule has 1 fully saturated rings. The molecule has 0 bridgehead atoms. The van der Waals surface area contributed by atoms with E-state index in [1.54, 1.807) is 0 Å². The number of nitrogens with zero attached hydrogens (tertiary/aromatic N) is 6. The number of rotatable bonds is 6. The fraction of sp³-hybridized carbons (Fsp3) is 0.286. The number of benzene rings is 1. The van der Waals surface area contributed by atoms with Crippen molar-refractivity contribution in [1.29, 1.82) is 0 Å². The van der Waals surface area contributed by atoms with Crippen LogP contribution in [0.3, 0.4) is 0 Å². The molecule has 3 aromatic heterocycles. The second-order valence-electron chi connectivity index (χ2n) is 7.64. The number of fused-ring (bicyclic) bond motifs is 1. The van der Waals surface area contributed by atoms with Crippen molar-refractivity contribution in [3.05, 3.63) is 42.2 Å². The number of aryl methyl sites for hydroxylation is 1. The molecule has 1 aromatic carbocycles. The summed E-state index contributed by atoms with van der Waals surface area (Å²) in [4.78, 5) is 25.4. The van der Waals surface area contributed by atoms with Crippen LogP contribution in [0.4, 0.5) is 11.8 Å². The summed E-state index contributed by atoms with van der Waals surface area (Å²) in [6, 6.07) is 8.33. The lowest BCUT2D eigenvalue weighted by Crippen LogP contribution is -2.37. The van der Waals surface area contributed by atoms with Gasteiger partial charge in [-0.1, -0.05) is 36.5 Å². The van der Waals surface area contributed by atoms with Crippen molar-refractivity contribution in [2.24, 2.45) is 5.14 Å². The van der Waals surface area contributed by atoms with Crippen molar-refractivity contribution in [3.8, 4) is 22.0 Å². The Morgan fingerprint density at radius 2 is 1.88 bits per heavy atom. The third-order valence-electron chi connectivity index (χ3n) is 5.28. The molecule has 13 heteroatoms. The van der Waals surface area contributed by atoms with E-state index in [4.69, 9.17) is 24.8 Å². The molecule has 0 atom stereocenters. The highest BCUT2D eigenvalue weighted by atomic mass is 32.2. The number of morpholine rings is 1. The van der Waals surface area contributed by atoms with Crippen LogP contribution in [0.25, 0.3) is 32.3 Å². The summed E-state index contributed by atoms with van der Waals surface area (Å²) in [6.07, 6.45) is 3.85. The number of anilines is 2. The minimum Gasteiger partial charge on any atom is -0.378 e. The van der Waals surface area contributed by atoms with E-state index < -0.39 is 10.2 Å². The standard InChI is InChI=1S/C21H22N8O3S2/c1-2-13-4-3-5-14(10-13)19-25-16-18(29-6-8-32-9-7-29)26-17(27-20(16)33-19)15-11-23-21(24-12-15)28-34(22,30)31/h3-5,10-12H,2,6-9H2,1H3,(H2,22,30,31)(H,23,24,28). The first-order chi connectivity index (χ1) is 16.4. The molecule has 1 saturated heterocycles. The second-order valence-corrected chi connectivity index (χ2v) is 9.91. The Hall–Kier alpha value is -3.26. The molecule has 0 amide bonds. The van der Waals surface area contributed by atoms with E-state index in [1.165, 1.54) is 29.3 Å². The molecular weight excluding hydrogens is 476 g/mol. The zero-order chi connectivity index (χ0) is 23.7. The van der Waals surface area contributed by atoms with Gasteiger partial charge in [-0.3, -0.25) is 0 Å². The van der Waals surface area contributed by atoms with E-state index in [9.17, 15) is 8.42 Å². The van der Waals surface area contributed by atoms with Crippen LogP contribution in [0.5, 0.6) is 0 Å². The smallest absolute Gasteiger partial charge is 0.298 e. The Morgan fingerprint density at radius 1 is 1.12 bits per heavy atom. The third kappa shape index (κ3) is 4.82. The summed E-state index contributed by atoms with van der Waals surface area (Å²) in [5, 5.41) is 5.86. The predicted molar refractivity (Wildman–Crippen MR) is 131 cm³/mol. The first-order valence-corrected chi connectivity index (χ1v) is 13.0. The van der Waals surface area contributed by atoms with E-state index in [-0.39, 0.29) is 5.95 Å². The Labute approximate surface area is 200 Å². The van der Waals surface area contributed by atoms with Gasteiger partial charge in [0.05, 0.1) is 18.8 Å². The van der Waals surface area contributed by atoms with E-state index in [1.807, 2.05) is 16.9 Å². The zero-order valence-corrected chi connectivity index (χ0v) is 19.9. The average molecular weight is 499 g/mol. The van der Waals surface area contributed by atoms with Gasteiger partial charge in [0.1, 0.15) is 15.4 Å². The molecule has 1 aliphatic heterocycles. The molecular formula is C21H22N8O3S2. The third-order valence-corrected chi connectivity index (χ3v) is 6.74. The van der Waals surface area contributed by atoms with E-state index >= 15 is 0 Å². The molecule has 5 rings (SSSR count). The van der Waals surface area contributed by atoms with Crippen molar-refractivity contribution in [1.82, 2.24) is 24.9 Å². The molecule has 0 radical (unpaired) electrons. The Kier molecular flexibility index (Phi) is 6.08. The van der Waals surface area contributed by atoms with Gasteiger partial charge >= 0.3 is 0 Å². The number of aromatic nitrogens is 5. The molecule has 4 aromatic rings. The number of hydrogen-bond donors (Lipinski definition) is 2. The quantitative estimate of drug-likeness (QED) is 0.408. The predicted octanol–water partition coefficient (Wildman–Crippen LogP) is 2.22. The maximum Gasteiger partial charge on any atom is 0.298 e. The lowest BCUT2D eigenvalue weighted by molar-refractivity contribution is 0.122. The van der Waals surface area contributed by atoms with Gasteiger partial charge in [-0.25, -0.2) is 34.8 Å². The summed E-state index contributed by atoms with van der Waals surface area (Å²) >= 11 is 1.50. The van der Waals surface area contributed by atoms with E-state index in [2.05, 4.69) is 33.9 Å². The van der Waals surface area contributed by atoms with Crippen LogP contribution in [-0.4, -0.2) is 59.6 Å². The summed E-state index contributed by atoms with van der Waals surface area (Å²) in [5.41, 5.74) is 3.56. The van der Waals surface area contributed by atoms with Gasteiger partial charge < -0.3 is 9.64 Å². The van der Waals surface area contributed by atoms with Crippen LogP contribution in [-0.2, 0) is 21.4 Å². The summed E-state index contributed by atoms with van der Waals surface area (Å²) in [6.45, 7) is 4.72. The molecule has 0 aliphatic carbocycles. The van der Waals surface area contributed by atoms with Gasteiger partial charge in [0, 0.05) is 31.0 Å². The minimum atomic E-state index is -3.96. The van der Waals surface area contributed by atoms with E-state index in [0.717, 1.165) is 33.2 Å². The lowest BCUT2D eigenvalue weighted by atomic mass is 10.1. The Bertz CT molecular complexity index is 1430. The van der Waals surface area contributed by atoms with Crippen LogP contribution in [0.1, 0.15) is 12.5 Å². The van der Waals surface area contributed by atoms with Crippen LogP contribution < -0.4 is 14.8 Å². The monoisotopic (exact) mass is 498 g/mol. The van der Waals surface area contributed by atoms with Gasteiger partial charge in [0.25, 0.3) is 10.2 Å². The van der Waals surface area contributed by atoms with Gasteiger partial charge in [0.2, 0.25) is 5.95 Å². The van der Waals surface area contributed by atoms with Crippen molar-refractivity contribution < 1.29 is 13.2 Å². The largest absolute Gasteiger partial charge is 0.378 e. The number of nitrogens with one attached hydrogen (secondary N) is 1. The van der Waals surface area contributed by atoms with Crippen LogP contribution in [0, 0.1) is 0 Å². The Morgan fingerprint density at radius 3 is 2.59 bits per heavy atom. The molecule has 11 nitrogen and oxygen atoms in total. The highest BCUT2D eigenvalue weighted by molar-refractivity contribution is 7.90. The van der Waals surface area contributed by atoms with Gasteiger partial charge in [-0.15, -0.1) is 0 Å². The first kappa shape index (κ1) is 22.5. The molecule has 0 saturated carbocycles. The number of ether oxygens (including phenoxy) is 1. The fourth-order valence-electron chi connectivity index (χ4n) is 3.60. The highest BCUT2D eigenvalue weighted by Crippen LogP contribution is 2.35. The fourth-order valence-corrected chi connectivity index (χ4v) is 4.89. The molecule has 176 valence electrons. The van der Waals surface area contributed by atoms with Crippen LogP contribution in [0.15, 0.2) is 36.7 Å². The number of thiazole rings is 1. The molecule has 4 heterocycles. The lowest BCUT2D eigenvalue weighted by Gasteiger charge is -2.28. The summed E-state index contributed by atoms with van der Waals surface area (Å²) in [5.74, 6) is 1.02. The van der Waals surface area contributed by atoms with E-state index in [0.29, 0.717) is 37.7 Å². The van der Waals surface area contributed by atoms with Gasteiger partial charge in [-0.2, -0.15) is 8.42 Å². The minimum absolute atomic E-state index is 0.128. The van der Waals surface area contributed by atoms with Gasteiger partial charge in [0.15, 0.2) is 11.6 Å². The molecule has 3 N–H and O–H groups in total. The SMILES string of the molecule is CCc1cccc(-c2nc3c(N4CCOCC4)nc(-c4cnc(NS(N)(=O)=O)nc4)nc3s2)c1. The maximum atomic E-state index is 11.2. The molecule has 0 spiro atoms. The molecule has 1 aliphatic rings. The second kappa shape index (κ2) is 9.18. The van der Waals surface area contributed by atoms with Crippen LogP contribution >= 0.6 is 11.3 Å².